The van der Waals surface area contributed by atoms with Gasteiger partial charge in [-0.25, -0.2) is 0 Å². The molecule has 0 spiro atoms. The molecule has 0 aliphatic carbocycles. The number of piperidine rings is 1. The van der Waals surface area contributed by atoms with Crippen molar-refractivity contribution in [3.8, 4) is 0 Å². The third-order valence-electron chi connectivity index (χ3n) is 1.50. The van der Waals surface area contributed by atoms with Gasteiger partial charge < -0.3 is 4.90 Å². The summed E-state index contributed by atoms with van der Waals surface area (Å²) < 4.78 is 0. The fourth-order valence-corrected chi connectivity index (χ4v) is 0.809. The van der Waals surface area contributed by atoms with Gasteiger partial charge in [-0.3, -0.25) is 9.59 Å². The van der Waals surface area contributed by atoms with Crippen LogP contribution in [0.1, 0.15) is 12.8 Å². The zero-order valence-corrected chi connectivity index (χ0v) is 5.39. The van der Waals surface area contributed by atoms with Crippen LogP contribution in [0.25, 0.3) is 0 Å². The lowest BCUT2D eigenvalue weighted by atomic mass is 10.1. The minimum atomic E-state index is -0.0498. The quantitative estimate of drug-likeness (QED) is 0.423. The first-order valence-electron chi connectivity index (χ1n) is 2.96. The fraction of sp³-hybridized carbons (Fsp3) is 0.667. The van der Waals surface area contributed by atoms with Crippen LogP contribution in [-0.4, -0.2) is 30.2 Å². The average Bonchev–Trinajstić information content (AvgIpc) is 1.80. The summed E-state index contributed by atoms with van der Waals surface area (Å²) >= 11 is 0. The summed E-state index contributed by atoms with van der Waals surface area (Å²) in [6, 6.07) is 0. The van der Waals surface area contributed by atoms with Gasteiger partial charge in [0.15, 0.2) is 0 Å². The van der Waals surface area contributed by atoms with Gasteiger partial charge in [-0.1, -0.05) is 0 Å². The Balaban J connectivity index is 2.54. The Labute approximate surface area is 53.6 Å². The Morgan fingerprint density at radius 3 is 2.56 bits per heavy atom. The van der Waals surface area contributed by atoms with Gasteiger partial charge in [0.25, 0.3) is 0 Å². The van der Waals surface area contributed by atoms with E-state index in [1.807, 2.05) is 0 Å². The zero-order valence-electron chi connectivity index (χ0n) is 5.39. The number of carbonyl (C=O) groups is 2. The van der Waals surface area contributed by atoms with Crippen LogP contribution in [0.15, 0.2) is 0 Å². The van der Waals surface area contributed by atoms with Crippen molar-refractivity contribution >= 4 is 11.7 Å². The van der Waals surface area contributed by atoms with E-state index in [9.17, 15) is 9.59 Å². The second kappa shape index (κ2) is 2.17. The first-order chi connectivity index (χ1) is 4.20. The molecule has 0 N–H and O–H groups in total. The van der Waals surface area contributed by atoms with E-state index in [0.29, 0.717) is 13.0 Å². The lowest BCUT2D eigenvalue weighted by Gasteiger charge is -2.20. The predicted molar refractivity (Wildman–Crippen MR) is 31.9 cm³/mol. The van der Waals surface area contributed by atoms with Gasteiger partial charge >= 0.3 is 0 Å². The van der Waals surface area contributed by atoms with Crippen LogP contribution < -0.4 is 0 Å². The summed E-state index contributed by atoms with van der Waals surface area (Å²) in [7, 11) is 1.72. The molecule has 1 aliphatic rings. The fourth-order valence-electron chi connectivity index (χ4n) is 0.809. The Morgan fingerprint density at radius 1 is 1.44 bits per heavy atom. The van der Waals surface area contributed by atoms with Crippen LogP contribution >= 0.6 is 0 Å². The topological polar surface area (TPSA) is 37.4 Å². The van der Waals surface area contributed by atoms with Gasteiger partial charge in [-0.05, 0) is 0 Å². The number of Topliss-reactive ketones (excluding diaryl/α,β-unsaturated/α-hetero) is 1. The van der Waals surface area contributed by atoms with Crippen LogP contribution in [0.2, 0.25) is 0 Å². The number of carbonyl (C=O) groups excluding carboxylic acids is 2. The van der Waals surface area contributed by atoms with Gasteiger partial charge in [-0.2, -0.15) is 0 Å². The molecule has 50 valence electrons. The summed E-state index contributed by atoms with van der Waals surface area (Å²) in [5.74, 6) is 0.0179. The van der Waals surface area contributed by atoms with E-state index in [1.165, 1.54) is 0 Å². The monoisotopic (exact) mass is 127 g/mol. The highest BCUT2D eigenvalue weighted by Crippen LogP contribution is 2.03. The second-order valence-electron chi connectivity index (χ2n) is 2.28. The molecule has 0 radical (unpaired) electrons. The Bertz CT molecular complexity index is 153. The van der Waals surface area contributed by atoms with Gasteiger partial charge in [0.05, 0.1) is 6.42 Å². The summed E-state index contributed by atoms with van der Waals surface area (Å²) in [6.07, 6.45) is 0.638. The lowest BCUT2D eigenvalue weighted by Crippen LogP contribution is -2.35. The van der Waals surface area contributed by atoms with E-state index in [2.05, 4.69) is 0 Å². The van der Waals surface area contributed by atoms with Crippen LogP contribution in [-0.2, 0) is 9.59 Å². The Hall–Kier alpha value is -0.860. The third kappa shape index (κ3) is 1.28. The summed E-state index contributed by atoms with van der Waals surface area (Å²) in [5.41, 5.74) is 0. The largest absolute Gasteiger partial charge is 0.345 e. The van der Waals surface area contributed by atoms with Crippen molar-refractivity contribution in [3.05, 3.63) is 0 Å². The molecule has 9 heavy (non-hydrogen) atoms. The molecule has 1 aliphatic heterocycles. The number of rotatable bonds is 0. The van der Waals surface area contributed by atoms with E-state index < -0.39 is 0 Å². The minimum absolute atomic E-state index is 0.0498. The predicted octanol–water partition coefficient (Wildman–Crippen LogP) is -0.192. The number of hydrogen-bond donors (Lipinski definition) is 0. The molecule has 3 heteroatoms. The first kappa shape index (κ1) is 6.26. The van der Waals surface area contributed by atoms with Crippen molar-refractivity contribution in [2.24, 2.45) is 0 Å². The number of likely N-dealkylation sites (tertiary alicyclic amines) is 1. The van der Waals surface area contributed by atoms with Crippen molar-refractivity contribution in [1.29, 1.82) is 0 Å². The zero-order chi connectivity index (χ0) is 6.85. The van der Waals surface area contributed by atoms with Crippen molar-refractivity contribution in [2.45, 2.75) is 12.8 Å². The van der Waals surface area contributed by atoms with Crippen molar-refractivity contribution in [2.75, 3.05) is 13.6 Å². The Kier molecular flexibility index (Phi) is 1.51. The number of ketones is 1. The number of amides is 1. The van der Waals surface area contributed by atoms with E-state index in [4.69, 9.17) is 0 Å². The highest BCUT2D eigenvalue weighted by molar-refractivity contribution is 6.00. The maximum absolute atomic E-state index is 10.7. The average molecular weight is 127 g/mol. The maximum atomic E-state index is 10.7. The highest BCUT2D eigenvalue weighted by atomic mass is 16.2. The molecule has 3 nitrogen and oxygen atoms in total. The molecule has 1 rings (SSSR count). The lowest BCUT2D eigenvalue weighted by molar-refractivity contribution is -0.138. The summed E-state index contributed by atoms with van der Waals surface area (Å²) in [6.45, 7) is 0.595. The molecule has 0 unspecified atom stereocenters. The second-order valence-corrected chi connectivity index (χ2v) is 2.28. The van der Waals surface area contributed by atoms with E-state index in [0.717, 1.165) is 0 Å². The highest BCUT2D eigenvalue weighted by Gasteiger charge is 2.19. The summed E-state index contributed by atoms with van der Waals surface area (Å²) in [4.78, 5) is 22.9. The van der Waals surface area contributed by atoms with Crippen molar-refractivity contribution < 1.29 is 9.59 Å². The third-order valence-corrected chi connectivity index (χ3v) is 1.50. The molecule has 0 aromatic rings. The molecular weight excluding hydrogens is 118 g/mol. The molecule has 0 bridgehead atoms. The minimum Gasteiger partial charge on any atom is -0.345 e. The van der Waals surface area contributed by atoms with E-state index in [1.54, 1.807) is 11.9 Å². The molecule has 1 fully saturated rings. The molecular formula is C6H9NO2. The maximum Gasteiger partial charge on any atom is 0.229 e. The van der Waals surface area contributed by atoms with Crippen molar-refractivity contribution in [1.82, 2.24) is 4.90 Å². The van der Waals surface area contributed by atoms with Crippen LogP contribution in [0, 0.1) is 0 Å². The normalized spacial score (nSPS) is 20.8. The summed E-state index contributed by atoms with van der Waals surface area (Å²) in [5, 5.41) is 0. The van der Waals surface area contributed by atoms with Gasteiger partial charge in [-0.15, -0.1) is 0 Å². The van der Waals surface area contributed by atoms with Gasteiger partial charge in [0, 0.05) is 20.0 Å². The van der Waals surface area contributed by atoms with Crippen LogP contribution in [0.3, 0.4) is 0 Å². The van der Waals surface area contributed by atoms with E-state index in [-0.39, 0.29) is 18.1 Å². The number of hydrogen-bond acceptors (Lipinski definition) is 2. The molecule has 0 atom stereocenters. The molecule has 0 aromatic carbocycles. The number of nitrogens with zero attached hydrogens (tertiary/aromatic N) is 1. The first-order valence-corrected chi connectivity index (χ1v) is 2.96. The molecule has 1 heterocycles. The van der Waals surface area contributed by atoms with Crippen LogP contribution in [0.4, 0.5) is 0 Å². The smallest absolute Gasteiger partial charge is 0.229 e. The molecule has 0 saturated carbocycles. The van der Waals surface area contributed by atoms with Gasteiger partial charge in [0.2, 0.25) is 5.91 Å². The van der Waals surface area contributed by atoms with E-state index >= 15 is 0 Å². The SMILES string of the molecule is CN1CCC(=O)CC1=O. The van der Waals surface area contributed by atoms with Crippen LogP contribution in [0.5, 0.6) is 0 Å². The van der Waals surface area contributed by atoms with Crippen molar-refractivity contribution in [3.63, 3.8) is 0 Å². The molecule has 1 amide bonds. The standard InChI is InChI=1S/C6H9NO2/c1-7-3-2-5(8)4-6(7)9/h2-4H2,1H3. The molecule has 1 saturated heterocycles. The Morgan fingerprint density at radius 2 is 2.11 bits per heavy atom. The molecule has 0 aromatic heterocycles. The van der Waals surface area contributed by atoms with Gasteiger partial charge in [0.1, 0.15) is 5.78 Å².